The molecule has 3 atom stereocenters. The summed E-state index contributed by atoms with van der Waals surface area (Å²) in [6, 6.07) is 10.1. The van der Waals surface area contributed by atoms with Gasteiger partial charge in [-0.3, -0.25) is 4.79 Å². The van der Waals surface area contributed by atoms with Crippen LogP contribution in [0.3, 0.4) is 0 Å². The molecule has 4 nitrogen and oxygen atoms in total. The van der Waals surface area contributed by atoms with Crippen LogP contribution in [0.25, 0.3) is 0 Å². The van der Waals surface area contributed by atoms with Crippen molar-refractivity contribution in [3.8, 4) is 0 Å². The lowest BCUT2D eigenvalue weighted by atomic mass is 10.0. The first-order chi connectivity index (χ1) is 9.24. The van der Waals surface area contributed by atoms with Crippen molar-refractivity contribution < 1.29 is 9.53 Å². The van der Waals surface area contributed by atoms with Crippen LogP contribution in [-0.4, -0.2) is 24.7 Å². The van der Waals surface area contributed by atoms with E-state index in [0.717, 1.165) is 24.8 Å². The first-order valence-electron chi connectivity index (χ1n) is 6.95. The fraction of sp³-hybridized carbons (Fsp3) is 0.533. The van der Waals surface area contributed by atoms with Crippen molar-refractivity contribution in [3.05, 3.63) is 35.9 Å². The van der Waals surface area contributed by atoms with Crippen LogP contribution in [0.4, 0.5) is 0 Å². The molecule has 1 aromatic rings. The molecule has 0 aliphatic carbocycles. The minimum atomic E-state index is -0.341. The van der Waals surface area contributed by atoms with Gasteiger partial charge in [0, 0.05) is 6.54 Å². The molecular weight excluding hydrogens is 240 g/mol. The summed E-state index contributed by atoms with van der Waals surface area (Å²) in [5.74, 6) is -0.0216. The highest BCUT2D eigenvalue weighted by Gasteiger charge is 2.30. The number of carbonyl (C=O) groups is 1. The van der Waals surface area contributed by atoms with Crippen LogP contribution < -0.4 is 11.1 Å². The van der Waals surface area contributed by atoms with Crippen molar-refractivity contribution in [2.45, 2.75) is 44.4 Å². The summed E-state index contributed by atoms with van der Waals surface area (Å²) in [7, 11) is 0. The standard InChI is InChI=1S/C15H22N2O2/c1-2-13(11-6-4-3-5-7-11)17-15(18)14-9-8-12(10-16)19-14/h3-7,12-14H,2,8-10,16H2,1H3,(H,17,18)/t12-,13?,14+/m1/s1. The average molecular weight is 262 g/mol. The minimum Gasteiger partial charge on any atom is -0.364 e. The van der Waals surface area contributed by atoms with Crippen molar-refractivity contribution in [1.29, 1.82) is 0 Å². The van der Waals surface area contributed by atoms with Crippen molar-refractivity contribution in [3.63, 3.8) is 0 Å². The Bertz CT molecular complexity index is 408. The van der Waals surface area contributed by atoms with Gasteiger partial charge in [-0.25, -0.2) is 0 Å². The molecule has 19 heavy (non-hydrogen) atoms. The Kier molecular flexibility index (Phi) is 4.93. The molecule has 1 aromatic carbocycles. The molecule has 1 fully saturated rings. The summed E-state index contributed by atoms with van der Waals surface area (Å²) < 4.78 is 5.62. The molecule has 4 heteroatoms. The van der Waals surface area contributed by atoms with Crippen LogP contribution in [0, 0.1) is 0 Å². The van der Waals surface area contributed by atoms with E-state index < -0.39 is 0 Å². The number of nitrogens with two attached hydrogens (primary N) is 1. The summed E-state index contributed by atoms with van der Waals surface area (Å²) in [5, 5.41) is 3.06. The number of hydrogen-bond donors (Lipinski definition) is 2. The second-order valence-corrected chi connectivity index (χ2v) is 4.94. The summed E-state index contributed by atoms with van der Waals surface area (Å²) >= 11 is 0. The van der Waals surface area contributed by atoms with Gasteiger partial charge >= 0.3 is 0 Å². The predicted molar refractivity (Wildman–Crippen MR) is 74.6 cm³/mol. The lowest BCUT2D eigenvalue weighted by Crippen LogP contribution is -2.37. The zero-order chi connectivity index (χ0) is 13.7. The van der Waals surface area contributed by atoms with Gasteiger partial charge < -0.3 is 15.8 Å². The van der Waals surface area contributed by atoms with Crippen LogP contribution in [0.15, 0.2) is 30.3 Å². The number of hydrogen-bond acceptors (Lipinski definition) is 3. The average Bonchev–Trinajstić information content (AvgIpc) is 2.94. The zero-order valence-corrected chi connectivity index (χ0v) is 11.3. The molecule has 1 aliphatic rings. The fourth-order valence-electron chi connectivity index (χ4n) is 2.44. The van der Waals surface area contributed by atoms with Gasteiger partial charge in [0.15, 0.2) is 0 Å². The first kappa shape index (κ1) is 14.0. The van der Waals surface area contributed by atoms with Gasteiger partial charge in [0.05, 0.1) is 12.1 Å². The number of ether oxygens (including phenoxy) is 1. The Morgan fingerprint density at radius 1 is 1.42 bits per heavy atom. The highest BCUT2D eigenvalue weighted by molar-refractivity contribution is 5.81. The molecule has 3 N–H and O–H groups in total. The molecule has 1 saturated heterocycles. The van der Waals surface area contributed by atoms with E-state index in [1.54, 1.807) is 0 Å². The maximum Gasteiger partial charge on any atom is 0.249 e. The highest BCUT2D eigenvalue weighted by atomic mass is 16.5. The van der Waals surface area contributed by atoms with Gasteiger partial charge in [0.25, 0.3) is 0 Å². The Morgan fingerprint density at radius 2 is 2.16 bits per heavy atom. The third-order valence-corrected chi connectivity index (χ3v) is 3.59. The van der Waals surface area contributed by atoms with Crippen LogP contribution in [0.1, 0.15) is 37.8 Å². The molecule has 2 rings (SSSR count). The Balaban J connectivity index is 1.94. The van der Waals surface area contributed by atoms with E-state index >= 15 is 0 Å². The van der Waals surface area contributed by atoms with Gasteiger partial charge in [-0.1, -0.05) is 37.3 Å². The molecule has 0 radical (unpaired) electrons. The molecule has 1 aliphatic heterocycles. The smallest absolute Gasteiger partial charge is 0.249 e. The number of carbonyl (C=O) groups excluding carboxylic acids is 1. The van der Waals surface area contributed by atoms with Gasteiger partial charge in [-0.15, -0.1) is 0 Å². The zero-order valence-electron chi connectivity index (χ0n) is 11.3. The summed E-state index contributed by atoms with van der Waals surface area (Å²) in [5.41, 5.74) is 6.69. The fourth-order valence-corrected chi connectivity index (χ4v) is 2.44. The van der Waals surface area contributed by atoms with Gasteiger partial charge in [0.1, 0.15) is 6.10 Å². The monoisotopic (exact) mass is 262 g/mol. The van der Waals surface area contributed by atoms with Gasteiger partial charge in [0.2, 0.25) is 5.91 Å². The molecule has 0 saturated carbocycles. The van der Waals surface area contributed by atoms with Crippen LogP contribution in [-0.2, 0) is 9.53 Å². The topological polar surface area (TPSA) is 64.4 Å². The van der Waals surface area contributed by atoms with E-state index in [0.29, 0.717) is 6.54 Å². The third kappa shape index (κ3) is 3.55. The number of amides is 1. The lowest BCUT2D eigenvalue weighted by molar-refractivity contribution is -0.132. The van der Waals surface area contributed by atoms with Crippen molar-refractivity contribution in [2.75, 3.05) is 6.54 Å². The molecule has 1 heterocycles. The van der Waals surface area contributed by atoms with Crippen LogP contribution >= 0.6 is 0 Å². The van der Waals surface area contributed by atoms with Crippen LogP contribution in [0.2, 0.25) is 0 Å². The maximum atomic E-state index is 12.2. The molecule has 1 unspecified atom stereocenters. The first-order valence-corrected chi connectivity index (χ1v) is 6.95. The van der Waals surface area contributed by atoms with E-state index in [1.165, 1.54) is 0 Å². The van der Waals surface area contributed by atoms with Gasteiger partial charge in [-0.2, -0.15) is 0 Å². The second kappa shape index (κ2) is 6.68. The summed E-state index contributed by atoms with van der Waals surface area (Å²) in [6.07, 6.45) is 2.19. The number of rotatable bonds is 5. The van der Waals surface area contributed by atoms with E-state index in [4.69, 9.17) is 10.5 Å². The Labute approximate surface area is 114 Å². The molecule has 0 bridgehead atoms. The Morgan fingerprint density at radius 3 is 2.74 bits per heavy atom. The minimum absolute atomic E-state index is 0.0216. The summed E-state index contributed by atoms with van der Waals surface area (Å²) in [4.78, 5) is 12.2. The molecule has 104 valence electrons. The Hall–Kier alpha value is -1.39. The second-order valence-electron chi connectivity index (χ2n) is 4.94. The normalized spacial score (nSPS) is 24.1. The third-order valence-electron chi connectivity index (χ3n) is 3.59. The molecule has 0 spiro atoms. The molecule has 0 aromatic heterocycles. The largest absolute Gasteiger partial charge is 0.364 e. The quantitative estimate of drug-likeness (QED) is 0.850. The summed E-state index contributed by atoms with van der Waals surface area (Å²) in [6.45, 7) is 2.55. The van der Waals surface area contributed by atoms with Gasteiger partial charge in [-0.05, 0) is 24.8 Å². The van der Waals surface area contributed by atoms with E-state index in [9.17, 15) is 4.79 Å². The van der Waals surface area contributed by atoms with Crippen molar-refractivity contribution in [1.82, 2.24) is 5.32 Å². The van der Waals surface area contributed by atoms with E-state index in [1.807, 2.05) is 30.3 Å². The molecular formula is C15H22N2O2. The molecule has 1 amide bonds. The van der Waals surface area contributed by atoms with E-state index in [2.05, 4.69) is 12.2 Å². The lowest BCUT2D eigenvalue weighted by Gasteiger charge is -2.20. The number of nitrogens with one attached hydrogen (secondary N) is 1. The van der Waals surface area contributed by atoms with Crippen molar-refractivity contribution >= 4 is 5.91 Å². The van der Waals surface area contributed by atoms with Crippen LogP contribution in [0.5, 0.6) is 0 Å². The van der Waals surface area contributed by atoms with E-state index in [-0.39, 0.29) is 24.2 Å². The maximum absolute atomic E-state index is 12.2. The number of benzene rings is 1. The van der Waals surface area contributed by atoms with Crippen molar-refractivity contribution in [2.24, 2.45) is 5.73 Å². The highest BCUT2D eigenvalue weighted by Crippen LogP contribution is 2.21. The SMILES string of the molecule is CCC(NC(=O)[C@@H]1CC[C@H](CN)O1)c1ccccc1. The predicted octanol–water partition coefficient (Wildman–Crippen LogP) is 1.76.